The monoisotopic (exact) mass is 421 g/mol. The molecule has 0 fully saturated rings. The van der Waals surface area contributed by atoms with Crippen molar-refractivity contribution in [2.24, 2.45) is 0 Å². The summed E-state index contributed by atoms with van der Waals surface area (Å²) in [5.74, 6) is 1.79. The Kier molecular flexibility index (Phi) is 4.93. The Balaban J connectivity index is 1.88. The average Bonchev–Trinajstić information content (AvgIpc) is 3.11. The average molecular weight is 422 g/mol. The number of hydrogen-bond acceptors (Lipinski definition) is 3. The van der Waals surface area contributed by atoms with Gasteiger partial charge in [0.1, 0.15) is 17.2 Å². The summed E-state index contributed by atoms with van der Waals surface area (Å²) in [6.07, 6.45) is 1.78. The van der Waals surface area contributed by atoms with Crippen molar-refractivity contribution >= 4 is 21.9 Å². The number of rotatable bonds is 4. The summed E-state index contributed by atoms with van der Waals surface area (Å²) >= 11 is 0. The van der Waals surface area contributed by atoms with Crippen molar-refractivity contribution in [3.05, 3.63) is 84.1 Å². The van der Waals surface area contributed by atoms with E-state index in [1.165, 1.54) is 16.7 Å². The second kappa shape index (κ2) is 7.79. The number of aromatic hydroxyl groups is 1. The largest absolute Gasteiger partial charge is 0.508 e. The predicted octanol–water partition coefficient (Wildman–Crippen LogP) is 7.19. The molecule has 0 atom stereocenters. The summed E-state index contributed by atoms with van der Waals surface area (Å²) in [6, 6.07) is 22.2. The van der Waals surface area contributed by atoms with Crippen LogP contribution in [0, 0.1) is 0 Å². The molecule has 2 aromatic carbocycles. The smallest absolute Gasteiger partial charge is 0.147 e. The predicted molar refractivity (Wildman–Crippen MR) is 132 cm³/mol. The van der Waals surface area contributed by atoms with E-state index in [0.717, 1.165) is 33.4 Å². The van der Waals surface area contributed by atoms with Gasteiger partial charge in [-0.25, -0.2) is 9.97 Å². The van der Waals surface area contributed by atoms with Gasteiger partial charge in [-0.05, 0) is 59.4 Å². The van der Waals surface area contributed by atoms with E-state index in [1.807, 2.05) is 28.8 Å². The van der Waals surface area contributed by atoms with Crippen LogP contribution in [0.15, 0.2) is 72.9 Å². The van der Waals surface area contributed by atoms with Crippen molar-refractivity contribution in [3.8, 4) is 22.8 Å². The lowest BCUT2D eigenvalue weighted by Crippen LogP contribution is -2.02. The Labute approximate surface area is 188 Å². The lowest BCUT2D eigenvalue weighted by molar-refractivity contribution is 0.476. The standard InChI is InChI=1S/C28H27N3O/c1-17(2)20-8-7-9-21(18(3)4)27(20)24-14-13-23-22-12-11-19(32)16-25(22)31(28(23)30-24)26-10-5-6-15-29-26/h5-18,32H,1-4H3. The van der Waals surface area contributed by atoms with Crippen LogP contribution in [0.25, 0.3) is 39.0 Å². The maximum Gasteiger partial charge on any atom is 0.147 e. The van der Waals surface area contributed by atoms with E-state index in [9.17, 15) is 5.11 Å². The molecule has 32 heavy (non-hydrogen) atoms. The number of nitrogens with zero attached hydrogens (tertiary/aromatic N) is 3. The second-order valence-electron chi connectivity index (χ2n) is 8.91. The molecule has 160 valence electrons. The van der Waals surface area contributed by atoms with Crippen molar-refractivity contribution in [3.63, 3.8) is 0 Å². The van der Waals surface area contributed by atoms with Crippen molar-refractivity contribution in [1.82, 2.24) is 14.5 Å². The fourth-order valence-electron chi connectivity index (χ4n) is 4.58. The molecule has 0 spiro atoms. The van der Waals surface area contributed by atoms with Crippen LogP contribution in [0.3, 0.4) is 0 Å². The zero-order valence-electron chi connectivity index (χ0n) is 18.9. The van der Waals surface area contributed by atoms with Crippen molar-refractivity contribution in [2.45, 2.75) is 39.5 Å². The highest BCUT2D eigenvalue weighted by Crippen LogP contribution is 2.38. The van der Waals surface area contributed by atoms with Gasteiger partial charge in [0, 0.05) is 28.6 Å². The molecule has 0 saturated carbocycles. The summed E-state index contributed by atoms with van der Waals surface area (Å²) in [4.78, 5) is 9.80. The summed E-state index contributed by atoms with van der Waals surface area (Å²) in [7, 11) is 0. The summed E-state index contributed by atoms with van der Waals surface area (Å²) in [6.45, 7) is 8.93. The molecule has 5 aromatic rings. The molecule has 0 radical (unpaired) electrons. The van der Waals surface area contributed by atoms with Crippen LogP contribution in [0.4, 0.5) is 0 Å². The van der Waals surface area contributed by atoms with Crippen molar-refractivity contribution in [2.75, 3.05) is 0 Å². The number of fused-ring (bicyclic) bond motifs is 3. The highest BCUT2D eigenvalue weighted by atomic mass is 16.3. The number of aromatic nitrogens is 3. The summed E-state index contributed by atoms with van der Waals surface area (Å²) < 4.78 is 2.04. The summed E-state index contributed by atoms with van der Waals surface area (Å²) in [5.41, 5.74) is 6.54. The van der Waals surface area contributed by atoms with Gasteiger partial charge in [0.25, 0.3) is 0 Å². The Hall–Kier alpha value is -3.66. The van der Waals surface area contributed by atoms with E-state index in [1.54, 1.807) is 18.3 Å². The summed E-state index contributed by atoms with van der Waals surface area (Å²) in [5, 5.41) is 12.3. The molecule has 4 heteroatoms. The van der Waals surface area contributed by atoms with Gasteiger partial charge in [-0.2, -0.15) is 0 Å². The third kappa shape index (κ3) is 3.23. The molecule has 0 bridgehead atoms. The number of pyridine rings is 2. The van der Waals surface area contributed by atoms with Crippen LogP contribution in [0.5, 0.6) is 5.75 Å². The van der Waals surface area contributed by atoms with E-state index in [0.29, 0.717) is 11.8 Å². The number of phenolic OH excluding ortho intramolecular Hbond substituents is 1. The fourth-order valence-corrected chi connectivity index (χ4v) is 4.58. The molecule has 5 rings (SSSR count). The number of phenols is 1. The molecule has 3 heterocycles. The van der Waals surface area contributed by atoms with Crippen LogP contribution in [-0.4, -0.2) is 19.6 Å². The molecule has 0 aliphatic rings. The van der Waals surface area contributed by atoms with Gasteiger partial charge >= 0.3 is 0 Å². The molecule has 4 nitrogen and oxygen atoms in total. The van der Waals surface area contributed by atoms with E-state index < -0.39 is 0 Å². The number of benzene rings is 2. The van der Waals surface area contributed by atoms with Crippen LogP contribution in [0.1, 0.15) is 50.7 Å². The minimum atomic E-state index is 0.227. The van der Waals surface area contributed by atoms with Crippen molar-refractivity contribution < 1.29 is 5.11 Å². The van der Waals surface area contributed by atoms with Gasteiger partial charge in [-0.3, -0.25) is 4.57 Å². The maximum atomic E-state index is 10.2. The van der Waals surface area contributed by atoms with Crippen molar-refractivity contribution in [1.29, 1.82) is 0 Å². The molecule has 0 unspecified atom stereocenters. The normalized spacial score (nSPS) is 11.8. The molecule has 0 amide bonds. The van der Waals surface area contributed by atoms with Crippen LogP contribution in [-0.2, 0) is 0 Å². The SMILES string of the molecule is CC(C)c1cccc(C(C)C)c1-c1ccc2c3ccc(O)cc3n(-c3ccccn3)c2n1. The highest BCUT2D eigenvalue weighted by Gasteiger charge is 2.20. The highest BCUT2D eigenvalue weighted by molar-refractivity contribution is 6.08. The topological polar surface area (TPSA) is 50.9 Å². The quantitative estimate of drug-likeness (QED) is 0.334. The van der Waals surface area contributed by atoms with Gasteiger partial charge in [-0.15, -0.1) is 0 Å². The van der Waals surface area contributed by atoms with Crippen LogP contribution in [0.2, 0.25) is 0 Å². The van der Waals surface area contributed by atoms with Gasteiger partial charge in [-0.1, -0.05) is 52.0 Å². The Morgan fingerprint density at radius 3 is 2.16 bits per heavy atom. The molecular weight excluding hydrogens is 394 g/mol. The Morgan fingerprint density at radius 1 is 0.781 bits per heavy atom. The first-order valence-electron chi connectivity index (χ1n) is 11.1. The minimum Gasteiger partial charge on any atom is -0.508 e. The first-order valence-corrected chi connectivity index (χ1v) is 11.1. The minimum absolute atomic E-state index is 0.227. The zero-order valence-corrected chi connectivity index (χ0v) is 18.9. The van der Waals surface area contributed by atoms with E-state index in [2.05, 4.69) is 63.0 Å². The van der Waals surface area contributed by atoms with Gasteiger partial charge < -0.3 is 5.11 Å². The molecule has 3 aromatic heterocycles. The van der Waals surface area contributed by atoms with Gasteiger partial charge in [0.2, 0.25) is 0 Å². The Morgan fingerprint density at radius 2 is 1.50 bits per heavy atom. The Bertz CT molecular complexity index is 1410. The third-order valence-corrected chi connectivity index (χ3v) is 6.11. The first kappa shape index (κ1) is 20.3. The van der Waals surface area contributed by atoms with Crippen LogP contribution < -0.4 is 0 Å². The molecular formula is C28H27N3O. The fraction of sp³-hybridized carbons (Fsp3) is 0.214. The lowest BCUT2D eigenvalue weighted by atomic mass is 9.87. The van der Waals surface area contributed by atoms with E-state index >= 15 is 0 Å². The van der Waals surface area contributed by atoms with E-state index in [4.69, 9.17) is 4.98 Å². The van der Waals surface area contributed by atoms with Gasteiger partial charge in [0.15, 0.2) is 0 Å². The molecule has 0 saturated heterocycles. The van der Waals surface area contributed by atoms with Gasteiger partial charge in [0.05, 0.1) is 11.2 Å². The third-order valence-electron chi connectivity index (χ3n) is 6.11. The molecule has 1 N–H and O–H groups in total. The molecule has 0 aliphatic carbocycles. The zero-order chi connectivity index (χ0) is 22.4. The second-order valence-corrected chi connectivity index (χ2v) is 8.91. The maximum absolute atomic E-state index is 10.2. The van der Waals surface area contributed by atoms with E-state index in [-0.39, 0.29) is 5.75 Å². The lowest BCUT2D eigenvalue weighted by Gasteiger charge is -2.19. The first-order chi connectivity index (χ1) is 15.5. The van der Waals surface area contributed by atoms with Crippen LogP contribution >= 0.6 is 0 Å². The number of hydrogen-bond donors (Lipinski definition) is 1. The molecule has 0 aliphatic heterocycles.